The first-order valence-electron chi connectivity index (χ1n) is 12.9. The van der Waals surface area contributed by atoms with Crippen LogP contribution in [0.5, 0.6) is 5.75 Å². The van der Waals surface area contributed by atoms with E-state index >= 15 is 0 Å². The molecule has 2 saturated heterocycles. The molecule has 0 aromatic heterocycles. The monoisotopic (exact) mass is 545 g/mol. The van der Waals surface area contributed by atoms with Crippen LogP contribution in [0.2, 0.25) is 0 Å². The number of benzene rings is 2. The molecule has 2 fully saturated rings. The van der Waals surface area contributed by atoms with Crippen LogP contribution in [0.25, 0.3) is 0 Å². The molecule has 1 N–H and O–H groups in total. The van der Waals surface area contributed by atoms with Crippen molar-refractivity contribution in [3.05, 3.63) is 60.2 Å². The van der Waals surface area contributed by atoms with Gasteiger partial charge in [-0.25, -0.2) is 8.42 Å². The van der Waals surface area contributed by atoms with Gasteiger partial charge in [-0.3, -0.25) is 9.59 Å². The molecule has 2 atom stereocenters. The zero-order valence-corrected chi connectivity index (χ0v) is 22.4. The number of nitrogens with one attached hydrogen (secondary N) is 1. The van der Waals surface area contributed by atoms with Crippen LogP contribution in [0, 0.1) is 0 Å². The molecule has 2 aromatic carbocycles. The van der Waals surface area contributed by atoms with Gasteiger partial charge >= 0.3 is 0 Å². The van der Waals surface area contributed by atoms with E-state index in [-0.39, 0.29) is 36.0 Å². The molecule has 0 bridgehead atoms. The van der Waals surface area contributed by atoms with Gasteiger partial charge in [0.1, 0.15) is 11.8 Å². The summed E-state index contributed by atoms with van der Waals surface area (Å²) in [6, 6.07) is 14.7. The van der Waals surface area contributed by atoms with Crippen LogP contribution in [-0.4, -0.2) is 87.6 Å². The van der Waals surface area contributed by atoms with E-state index in [1.54, 1.807) is 6.92 Å². The average Bonchev–Trinajstić information content (AvgIpc) is 3.48. The Hall–Kier alpha value is -2.99. The molecule has 2 unspecified atom stereocenters. The molecule has 2 heterocycles. The zero-order valence-electron chi connectivity index (χ0n) is 21.6. The summed E-state index contributed by atoms with van der Waals surface area (Å²) in [5, 5.41) is 2.90. The Kier molecular flexibility index (Phi) is 9.73. The Labute approximate surface area is 223 Å². The maximum Gasteiger partial charge on any atom is 0.261 e. The molecule has 2 amide bonds. The second-order valence-electron chi connectivity index (χ2n) is 9.34. The number of sulfonamides is 1. The SMILES string of the molecule is CC(C(=O)NCC1CCCO1)N(Cc1ccccc1)C(=O)COc1ccc(S(=O)(=O)N2CCOCC2)cc1. The van der Waals surface area contributed by atoms with E-state index in [9.17, 15) is 18.0 Å². The molecular weight excluding hydrogens is 510 g/mol. The van der Waals surface area contributed by atoms with Crippen molar-refractivity contribution < 1.29 is 32.2 Å². The van der Waals surface area contributed by atoms with Gasteiger partial charge < -0.3 is 24.4 Å². The summed E-state index contributed by atoms with van der Waals surface area (Å²) < 4.78 is 43.6. The third-order valence-corrected chi connectivity index (χ3v) is 8.60. The molecule has 206 valence electrons. The quantitative estimate of drug-likeness (QED) is 0.458. The van der Waals surface area contributed by atoms with Crippen molar-refractivity contribution in [2.45, 2.75) is 43.4 Å². The van der Waals surface area contributed by atoms with Gasteiger partial charge in [0.05, 0.1) is 24.2 Å². The zero-order chi connectivity index (χ0) is 27.0. The molecule has 2 aliphatic heterocycles. The van der Waals surface area contributed by atoms with Crippen molar-refractivity contribution in [1.29, 1.82) is 0 Å². The topological polar surface area (TPSA) is 114 Å². The highest BCUT2D eigenvalue weighted by Crippen LogP contribution is 2.21. The number of hydrogen-bond acceptors (Lipinski definition) is 7. The number of rotatable bonds is 11. The van der Waals surface area contributed by atoms with Gasteiger partial charge in [-0.2, -0.15) is 4.31 Å². The van der Waals surface area contributed by atoms with Crippen LogP contribution in [-0.2, 0) is 35.6 Å². The van der Waals surface area contributed by atoms with Crippen molar-refractivity contribution >= 4 is 21.8 Å². The van der Waals surface area contributed by atoms with Crippen LogP contribution in [0.15, 0.2) is 59.5 Å². The first-order chi connectivity index (χ1) is 18.3. The van der Waals surface area contributed by atoms with Gasteiger partial charge in [0, 0.05) is 32.8 Å². The average molecular weight is 546 g/mol. The standard InChI is InChI=1S/C27H35N3O7S/c1-21(27(32)28-18-24-8-5-15-36-24)30(19-22-6-3-2-4-7-22)26(31)20-37-23-9-11-25(12-10-23)38(33,34)29-13-16-35-17-14-29/h2-4,6-7,9-12,21,24H,5,8,13-20H2,1H3,(H,28,32). The molecule has 0 spiro atoms. The number of hydrogen-bond donors (Lipinski definition) is 1. The summed E-state index contributed by atoms with van der Waals surface area (Å²) in [5.74, 6) is -0.268. The van der Waals surface area contributed by atoms with Gasteiger partial charge in [-0.15, -0.1) is 0 Å². The first-order valence-corrected chi connectivity index (χ1v) is 14.3. The molecule has 0 saturated carbocycles. The van der Waals surface area contributed by atoms with Crippen molar-refractivity contribution in [2.24, 2.45) is 0 Å². The number of ether oxygens (including phenoxy) is 3. The third-order valence-electron chi connectivity index (χ3n) is 6.68. The van der Waals surface area contributed by atoms with Gasteiger partial charge in [0.15, 0.2) is 6.61 Å². The summed E-state index contributed by atoms with van der Waals surface area (Å²) in [7, 11) is -3.62. The van der Waals surface area contributed by atoms with Crippen LogP contribution < -0.4 is 10.1 Å². The highest BCUT2D eigenvalue weighted by Gasteiger charge is 2.28. The lowest BCUT2D eigenvalue weighted by Gasteiger charge is -2.29. The van der Waals surface area contributed by atoms with Gasteiger partial charge in [-0.1, -0.05) is 30.3 Å². The Morgan fingerprint density at radius 1 is 1.08 bits per heavy atom. The number of carbonyl (C=O) groups is 2. The lowest BCUT2D eigenvalue weighted by Crippen LogP contribution is -2.50. The van der Waals surface area contributed by atoms with E-state index in [1.165, 1.54) is 33.5 Å². The van der Waals surface area contributed by atoms with Crippen molar-refractivity contribution in [3.8, 4) is 5.75 Å². The Morgan fingerprint density at radius 2 is 1.79 bits per heavy atom. The van der Waals surface area contributed by atoms with Gasteiger partial charge in [0.2, 0.25) is 15.9 Å². The largest absolute Gasteiger partial charge is 0.484 e. The molecule has 0 radical (unpaired) electrons. The minimum atomic E-state index is -3.62. The molecule has 4 rings (SSSR count). The normalized spacial score (nSPS) is 19.0. The van der Waals surface area contributed by atoms with E-state index < -0.39 is 16.1 Å². The molecule has 2 aliphatic rings. The summed E-state index contributed by atoms with van der Waals surface area (Å²) in [4.78, 5) is 27.8. The highest BCUT2D eigenvalue weighted by atomic mass is 32.2. The summed E-state index contributed by atoms with van der Waals surface area (Å²) >= 11 is 0. The van der Waals surface area contributed by atoms with E-state index in [0.717, 1.165) is 18.4 Å². The Morgan fingerprint density at radius 3 is 2.45 bits per heavy atom. The second kappa shape index (κ2) is 13.2. The highest BCUT2D eigenvalue weighted by molar-refractivity contribution is 7.89. The minimum Gasteiger partial charge on any atom is -0.484 e. The fourth-order valence-corrected chi connectivity index (χ4v) is 5.81. The first kappa shape index (κ1) is 28.0. The van der Waals surface area contributed by atoms with Crippen LogP contribution in [0.4, 0.5) is 0 Å². The van der Waals surface area contributed by atoms with E-state index in [1.807, 2.05) is 30.3 Å². The van der Waals surface area contributed by atoms with E-state index in [0.29, 0.717) is 45.2 Å². The predicted octanol–water partition coefficient (Wildman–Crippen LogP) is 1.80. The lowest BCUT2D eigenvalue weighted by atomic mass is 10.1. The molecule has 10 nitrogen and oxygen atoms in total. The fraction of sp³-hybridized carbons (Fsp3) is 0.481. The molecule has 2 aromatic rings. The maximum absolute atomic E-state index is 13.2. The number of nitrogens with zero attached hydrogens (tertiary/aromatic N) is 2. The van der Waals surface area contributed by atoms with E-state index in [4.69, 9.17) is 14.2 Å². The lowest BCUT2D eigenvalue weighted by molar-refractivity contribution is -0.142. The molecular formula is C27H35N3O7S. The summed E-state index contributed by atoms with van der Waals surface area (Å²) in [5.41, 5.74) is 0.886. The second-order valence-corrected chi connectivity index (χ2v) is 11.3. The predicted molar refractivity (Wildman–Crippen MR) is 140 cm³/mol. The summed E-state index contributed by atoms with van der Waals surface area (Å²) in [6.07, 6.45) is 1.89. The van der Waals surface area contributed by atoms with Gasteiger partial charge in [0.25, 0.3) is 5.91 Å². The third kappa shape index (κ3) is 7.31. The molecule has 0 aliphatic carbocycles. The molecule has 11 heteroatoms. The summed E-state index contributed by atoms with van der Waals surface area (Å²) in [6.45, 7) is 4.10. The van der Waals surface area contributed by atoms with Crippen molar-refractivity contribution in [3.63, 3.8) is 0 Å². The molecule has 38 heavy (non-hydrogen) atoms. The van der Waals surface area contributed by atoms with Crippen LogP contribution >= 0.6 is 0 Å². The Balaban J connectivity index is 1.38. The Bertz CT molecular complexity index is 1160. The number of amides is 2. The minimum absolute atomic E-state index is 0.00258. The van der Waals surface area contributed by atoms with Gasteiger partial charge in [-0.05, 0) is 49.6 Å². The van der Waals surface area contributed by atoms with Crippen molar-refractivity contribution in [1.82, 2.24) is 14.5 Å². The van der Waals surface area contributed by atoms with Crippen molar-refractivity contribution in [2.75, 3.05) is 46.1 Å². The maximum atomic E-state index is 13.2. The van der Waals surface area contributed by atoms with E-state index in [2.05, 4.69) is 5.32 Å². The fourth-order valence-electron chi connectivity index (χ4n) is 4.40. The smallest absolute Gasteiger partial charge is 0.261 e. The number of carbonyl (C=O) groups excluding carboxylic acids is 2. The van der Waals surface area contributed by atoms with Crippen LogP contribution in [0.1, 0.15) is 25.3 Å². The van der Waals surface area contributed by atoms with Crippen LogP contribution in [0.3, 0.4) is 0 Å². The number of morpholine rings is 1.